The number of carbonyl (C=O) groups excluding carboxylic acids is 1. The first kappa shape index (κ1) is 44.4. The van der Waals surface area contributed by atoms with Gasteiger partial charge in [-0.05, 0) is 70.9 Å². The second-order valence-electron chi connectivity index (χ2n) is 17.2. The van der Waals surface area contributed by atoms with Crippen LogP contribution in [0, 0.1) is 24.0 Å². The molecule has 21 heteroatoms. The van der Waals surface area contributed by atoms with Crippen LogP contribution in [0.25, 0.3) is 32.9 Å². The second kappa shape index (κ2) is 15.2. The molecule has 2 aromatic heterocycles. The van der Waals surface area contributed by atoms with Gasteiger partial charge >= 0.3 is 36.2 Å². The van der Waals surface area contributed by atoms with Gasteiger partial charge in [0, 0.05) is 43.2 Å². The van der Waals surface area contributed by atoms with E-state index in [9.17, 15) is 44.3 Å². The predicted molar refractivity (Wildman–Crippen MR) is 205 cm³/mol. The van der Waals surface area contributed by atoms with Crippen molar-refractivity contribution in [3.8, 4) is 29.6 Å². The molecule has 3 atom stereocenters. The predicted octanol–water partition coefficient (Wildman–Crippen LogP) is 8.90. The highest BCUT2D eigenvalue weighted by molar-refractivity contribution is 6.03. The minimum Gasteiger partial charge on any atom is -0.461 e. The van der Waals surface area contributed by atoms with Gasteiger partial charge in [-0.2, -0.15) is 49.5 Å². The molecule has 0 aliphatic carbocycles. The highest BCUT2D eigenvalue weighted by atomic mass is 19.4. The number of aryl methyl sites for hydroxylation is 1. The van der Waals surface area contributed by atoms with Gasteiger partial charge in [0.15, 0.2) is 5.82 Å². The summed E-state index contributed by atoms with van der Waals surface area (Å²) in [7, 11) is 0. The van der Waals surface area contributed by atoms with Crippen LogP contribution in [-0.2, 0) is 15.9 Å². The molecule has 1 unspecified atom stereocenters. The largest absolute Gasteiger partial charge is 0.461 e. The van der Waals surface area contributed by atoms with E-state index in [4.69, 9.17) is 20.9 Å². The molecule has 0 bridgehead atoms. The van der Waals surface area contributed by atoms with Crippen LogP contribution in [0.1, 0.15) is 57.7 Å². The molecule has 4 aliphatic heterocycles. The molecule has 4 aromatic rings. The zero-order valence-corrected chi connectivity index (χ0v) is 33.9. The molecule has 3 saturated heterocycles. The molecule has 10 nitrogen and oxygen atoms in total. The number of terminal acetylenes is 1. The zero-order valence-electron chi connectivity index (χ0n) is 33.9. The number of halogens is 11. The Labute approximate surface area is 352 Å². The minimum atomic E-state index is -6.91. The summed E-state index contributed by atoms with van der Waals surface area (Å²) in [5.41, 5.74) is -8.85. The third-order valence-corrected chi connectivity index (χ3v) is 12.1. The Bertz CT molecular complexity index is 2480. The summed E-state index contributed by atoms with van der Waals surface area (Å²) in [5, 5.41) is 0.878. The van der Waals surface area contributed by atoms with Crippen molar-refractivity contribution in [3.63, 3.8) is 0 Å². The van der Waals surface area contributed by atoms with Gasteiger partial charge in [0.1, 0.15) is 35.1 Å². The van der Waals surface area contributed by atoms with E-state index in [0.29, 0.717) is 23.9 Å². The number of hydrogen-bond acceptors (Lipinski definition) is 9. The molecular formula is C42H39F11N6O4. The maximum Gasteiger partial charge on any atom is 0.435 e. The first-order valence-corrected chi connectivity index (χ1v) is 20.0. The van der Waals surface area contributed by atoms with Crippen molar-refractivity contribution in [1.82, 2.24) is 24.8 Å². The standard InChI is InChI=1S/C42H39F11N6O4/c1-5-25-27(43)12-10-22-8-6-9-26(29(22)25)32-31(44)33-30-28(54-32)13-11-23-19-57(36(60)63-37(2,3)4)16-17-59(23)34(30)56-35(55-33)61-21-38-14-7-15-58(38)20-24(18-38)62-39(40(45,46)47,41(48,49)50)42(51,52)53/h1,6,8-10,12,23-24H,7,11,13-21H2,2-4H3/t23-,24+,38?/m1/s1. The third-order valence-electron chi connectivity index (χ3n) is 12.1. The molecule has 0 spiro atoms. The molecule has 4 aliphatic rings. The Morgan fingerprint density at radius 1 is 0.905 bits per heavy atom. The van der Waals surface area contributed by atoms with Crippen LogP contribution in [0.4, 0.5) is 58.9 Å². The van der Waals surface area contributed by atoms with Crippen LogP contribution in [0.2, 0.25) is 0 Å². The lowest BCUT2D eigenvalue weighted by Gasteiger charge is -2.41. The Hall–Kier alpha value is -5.23. The number of rotatable bonds is 6. The summed E-state index contributed by atoms with van der Waals surface area (Å²) in [6, 6.07) is 6.54. The highest BCUT2D eigenvalue weighted by Gasteiger charge is 2.86. The zero-order chi connectivity index (χ0) is 45.7. The van der Waals surface area contributed by atoms with Crippen molar-refractivity contribution >= 4 is 33.6 Å². The van der Waals surface area contributed by atoms with E-state index < -0.39 is 90.7 Å². The number of nitrogens with zero attached hydrogens (tertiary/aromatic N) is 6. The number of anilines is 1. The number of hydrogen-bond donors (Lipinski definition) is 0. The van der Waals surface area contributed by atoms with Crippen molar-refractivity contribution in [2.24, 2.45) is 0 Å². The molecule has 63 heavy (non-hydrogen) atoms. The number of fused-ring (bicyclic) bond motifs is 4. The Balaban J connectivity index is 1.20. The third kappa shape index (κ3) is 7.49. The fourth-order valence-electron chi connectivity index (χ4n) is 9.38. The topological polar surface area (TPSA) is 93.2 Å². The smallest absolute Gasteiger partial charge is 0.435 e. The van der Waals surface area contributed by atoms with Gasteiger partial charge in [-0.15, -0.1) is 6.42 Å². The summed E-state index contributed by atoms with van der Waals surface area (Å²) >= 11 is 0. The maximum absolute atomic E-state index is 17.3. The molecular weight excluding hydrogens is 861 g/mol. The molecule has 1 amide bonds. The molecule has 0 radical (unpaired) electrons. The summed E-state index contributed by atoms with van der Waals surface area (Å²) in [6.45, 7) is 4.49. The van der Waals surface area contributed by atoms with E-state index in [1.807, 2.05) is 4.90 Å². The van der Waals surface area contributed by atoms with Crippen LogP contribution >= 0.6 is 0 Å². The number of ether oxygens (including phenoxy) is 3. The molecule has 0 N–H and O–H groups in total. The molecule has 6 heterocycles. The number of amides is 1. The summed E-state index contributed by atoms with van der Waals surface area (Å²) in [6.07, 6.45) is -17.4. The van der Waals surface area contributed by atoms with Crippen molar-refractivity contribution in [1.29, 1.82) is 0 Å². The molecule has 0 saturated carbocycles. The molecule has 3 fully saturated rings. The second-order valence-corrected chi connectivity index (χ2v) is 17.2. The normalized spacial score (nSPS) is 22.2. The van der Waals surface area contributed by atoms with Crippen LogP contribution in [0.3, 0.4) is 0 Å². The van der Waals surface area contributed by atoms with Crippen molar-refractivity contribution in [2.45, 2.75) is 100 Å². The molecule has 2 aromatic carbocycles. The van der Waals surface area contributed by atoms with E-state index in [1.54, 1.807) is 32.9 Å². The molecule has 8 rings (SSSR count). The van der Waals surface area contributed by atoms with Gasteiger partial charge in [0.2, 0.25) is 0 Å². The van der Waals surface area contributed by atoms with E-state index >= 15 is 8.78 Å². The van der Waals surface area contributed by atoms with Crippen molar-refractivity contribution in [3.05, 3.63) is 53.2 Å². The van der Waals surface area contributed by atoms with Gasteiger partial charge < -0.3 is 24.0 Å². The number of piperazine rings is 1. The average molecular weight is 901 g/mol. The van der Waals surface area contributed by atoms with Crippen molar-refractivity contribution in [2.75, 3.05) is 44.2 Å². The van der Waals surface area contributed by atoms with E-state index in [-0.39, 0.29) is 77.9 Å². The van der Waals surface area contributed by atoms with Crippen LogP contribution in [0.5, 0.6) is 6.01 Å². The maximum atomic E-state index is 17.3. The molecule has 338 valence electrons. The van der Waals surface area contributed by atoms with E-state index in [0.717, 1.165) is 0 Å². The Morgan fingerprint density at radius 2 is 1.62 bits per heavy atom. The fraction of sp³-hybridized carbons (Fsp3) is 0.524. The average Bonchev–Trinajstić information content (AvgIpc) is 3.68. The Kier molecular flexibility index (Phi) is 10.7. The quantitative estimate of drug-likeness (QED) is 0.139. The van der Waals surface area contributed by atoms with Gasteiger partial charge in [-0.25, -0.2) is 18.6 Å². The number of alkyl halides is 9. The fourth-order valence-corrected chi connectivity index (χ4v) is 9.38. The number of carbonyl (C=O) groups is 1. The summed E-state index contributed by atoms with van der Waals surface area (Å²) in [5.74, 6) is 0.774. The monoisotopic (exact) mass is 900 g/mol. The number of benzene rings is 2. The first-order chi connectivity index (χ1) is 29.4. The van der Waals surface area contributed by atoms with E-state index in [1.165, 1.54) is 28.0 Å². The number of aromatic nitrogens is 3. The van der Waals surface area contributed by atoms with Crippen LogP contribution < -0.4 is 9.64 Å². The van der Waals surface area contributed by atoms with E-state index in [2.05, 4.69) is 20.6 Å². The lowest BCUT2D eigenvalue weighted by atomic mass is 9.93. The van der Waals surface area contributed by atoms with Gasteiger partial charge in [-0.3, -0.25) is 4.90 Å². The van der Waals surface area contributed by atoms with Gasteiger partial charge in [-0.1, -0.05) is 30.2 Å². The van der Waals surface area contributed by atoms with Gasteiger partial charge in [0.25, 0.3) is 0 Å². The lowest BCUT2D eigenvalue weighted by Crippen LogP contribution is -2.68. The van der Waals surface area contributed by atoms with Crippen LogP contribution in [-0.4, -0.2) is 118 Å². The Morgan fingerprint density at radius 3 is 2.29 bits per heavy atom. The first-order valence-electron chi connectivity index (χ1n) is 20.0. The number of pyridine rings is 1. The highest BCUT2D eigenvalue weighted by Crippen LogP contribution is 2.57. The SMILES string of the molecule is C#Cc1c(F)ccc2cccc(-c3nc4c5c(nc(OCC67CCCN6C[C@@H](OC(C(F)(F)F)(C(F)(F)F)C(F)(F)F)C7)nc5c3F)N3CCN(C(=O)OC(C)(C)C)C[C@H]3CC4)c12. The summed E-state index contributed by atoms with van der Waals surface area (Å²) in [4.78, 5) is 31.8. The lowest BCUT2D eigenvalue weighted by molar-refractivity contribution is -0.463. The minimum absolute atomic E-state index is 0.0841. The summed E-state index contributed by atoms with van der Waals surface area (Å²) < 4.78 is 173. The van der Waals surface area contributed by atoms with Crippen LogP contribution in [0.15, 0.2) is 30.3 Å². The van der Waals surface area contributed by atoms with Crippen molar-refractivity contribution < 1.29 is 67.3 Å². The van der Waals surface area contributed by atoms with Gasteiger partial charge in [0.05, 0.1) is 28.3 Å².